The summed E-state index contributed by atoms with van der Waals surface area (Å²) in [6, 6.07) is 5.48. The lowest BCUT2D eigenvalue weighted by Crippen LogP contribution is -2.27. The van der Waals surface area contributed by atoms with Crippen LogP contribution in [0.5, 0.6) is 5.75 Å². The van der Waals surface area contributed by atoms with E-state index in [1.165, 1.54) is 0 Å². The van der Waals surface area contributed by atoms with Crippen molar-refractivity contribution < 1.29 is 9.53 Å². The molecule has 0 saturated heterocycles. The number of carbonyl (C=O) groups is 1. The number of carbonyl (C=O) groups excluding carboxylic acids is 1. The molecule has 0 spiro atoms. The second-order valence-electron chi connectivity index (χ2n) is 3.22. The van der Waals surface area contributed by atoms with Gasteiger partial charge in [0.1, 0.15) is 12.4 Å². The lowest BCUT2D eigenvalue weighted by molar-refractivity contribution is 0.0796. The molecule has 0 aliphatic carbocycles. The van der Waals surface area contributed by atoms with Crippen LogP contribution in [0.2, 0.25) is 0 Å². The van der Waals surface area contributed by atoms with Crippen molar-refractivity contribution in [3.8, 4) is 5.75 Å². The van der Waals surface area contributed by atoms with Crippen molar-refractivity contribution in [3.05, 3.63) is 28.2 Å². The number of fused-ring (bicyclic) bond motifs is 1. The number of halogens is 1. The highest BCUT2D eigenvalue weighted by Gasteiger charge is 2.20. The van der Waals surface area contributed by atoms with Gasteiger partial charge in [0.15, 0.2) is 0 Å². The molecule has 1 aromatic rings. The molecule has 0 N–H and O–H groups in total. The minimum atomic E-state index is 0.0128. The maximum Gasteiger partial charge on any atom is 0.257 e. The van der Waals surface area contributed by atoms with Gasteiger partial charge in [-0.05, 0) is 18.2 Å². The quantitative estimate of drug-likeness (QED) is 0.709. The molecule has 1 heterocycles. The second-order valence-corrected chi connectivity index (χ2v) is 4.13. The Morgan fingerprint density at radius 2 is 2.29 bits per heavy atom. The fourth-order valence-corrected chi connectivity index (χ4v) is 1.76. The molecule has 0 atom stereocenters. The predicted octanol–water partition coefficient (Wildman–Crippen LogP) is 1.91. The summed E-state index contributed by atoms with van der Waals surface area (Å²) in [6.07, 6.45) is 0. The van der Waals surface area contributed by atoms with Gasteiger partial charge in [0.05, 0.1) is 12.1 Å². The van der Waals surface area contributed by atoms with Crippen LogP contribution in [-0.4, -0.2) is 31.0 Å². The summed E-state index contributed by atoms with van der Waals surface area (Å²) >= 11 is 3.34. The first-order chi connectivity index (χ1) is 6.68. The minimum absolute atomic E-state index is 0.0128. The molecule has 1 aromatic carbocycles. The van der Waals surface area contributed by atoms with E-state index in [1.807, 2.05) is 12.1 Å². The summed E-state index contributed by atoms with van der Waals surface area (Å²) in [4.78, 5) is 13.5. The number of ether oxygens (including phenoxy) is 1. The summed E-state index contributed by atoms with van der Waals surface area (Å²) in [5.41, 5.74) is 0.624. The van der Waals surface area contributed by atoms with Crippen LogP contribution in [0.15, 0.2) is 22.7 Å². The minimum Gasteiger partial charge on any atom is -0.491 e. The maximum absolute atomic E-state index is 11.8. The Labute approximate surface area is 90.8 Å². The zero-order chi connectivity index (χ0) is 10.1. The van der Waals surface area contributed by atoms with Crippen LogP contribution >= 0.6 is 15.9 Å². The van der Waals surface area contributed by atoms with E-state index >= 15 is 0 Å². The number of hydrogen-bond donors (Lipinski definition) is 0. The number of rotatable bonds is 0. The average Bonchev–Trinajstić information content (AvgIpc) is 2.30. The zero-order valence-electron chi connectivity index (χ0n) is 7.79. The highest BCUT2D eigenvalue weighted by Crippen LogP contribution is 2.25. The number of nitrogens with zero attached hydrogens (tertiary/aromatic N) is 1. The van der Waals surface area contributed by atoms with E-state index < -0.39 is 0 Å². The molecule has 0 fully saturated rings. The van der Waals surface area contributed by atoms with Crippen molar-refractivity contribution >= 4 is 21.8 Å². The smallest absolute Gasteiger partial charge is 0.257 e. The van der Waals surface area contributed by atoms with Crippen LogP contribution in [0.3, 0.4) is 0 Å². The Morgan fingerprint density at radius 3 is 3.07 bits per heavy atom. The molecule has 4 heteroatoms. The molecule has 74 valence electrons. The van der Waals surface area contributed by atoms with Gasteiger partial charge >= 0.3 is 0 Å². The van der Waals surface area contributed by atoms with E-state index in [0.29, 0.717) is 24.5 Å². The summed E-state index contributed by atoms with van der Waals surface area (Å²) < 4.78 is 6.35. The molecular formula is C10H10BrNO2. The van der Waals surface area contributed by atoms with Crippen molar-refractivity contribution in [1.82, 2.24) is 4.90 Å². The molecule has 1 amide bonds. The topological polar surface area (TPSA) is 29.5 Å². The maximum atomic E-state index is 11.8. The van der Waals surface area contributed by atoms with Gasteiger partial charge in [-0.2, -0.15) is 0 Å². The Hall–Kier alpha value is -1.03. The molecule has 14 heavy (non-hydrogen) atoms. The van der Waals surface area contributed by atoms with E-state index in [4.69, 9.17) is 4.74 Å². The van der Waals surface area contributed by atoms with Crippen molar-refractivity contribution in [2.24, 2.45) is 0 Å². The molecular weight excluding hydrogens is 246 g/mol. The molecule has 3 nitrogen and oxygen atoms in total. The van der Waals surface area contributed by atoms with Crippen LogP contribution in [0, 0.1) is 0 Å². The van der Waals surface area contributed by atoms with Crippen molar-refractivity contribution in [1.29, 1.82) is 0 Å². The first-order valence-corrected chi connectivity index (χ1v) is 5.15. The van der Waals surface area contributed by atoms with Gasteiger partial charge in [-0.25, -0.2) is 0 Å². The van der Waals surface area contributed by atoms with Gasteiger partial charge in [0, 0.05) is 11.5 Å². The molecule has 0 saturated carbocycles. The summed E-state index contributed by atoms with van der Waals surface area (Å²) in [7, 11) is 1.78. The molecule has 0 bridgehead atoms. The molecule has 0 radical (unpaired) electrons. The van der Waals surface area contributed by atoms with Gasteiger partial charge in [-0.3, -0.25) is 4.79 Å². The first kappa shape index (κ1) is 9.52. The predicted molar refractivity (Wildman–Crippen MR) is 56.6 cm³/mol. The Morgan fingerprint density at radius 1 is 1.50 bits per heavy atom. The normalized spacial score (nSPS) is 15.9. The third-order valence-electron chi connectivity index (χ3n) is 2.20. The lowest BCUT2D eigenvalue weighted by Gasteiger charge is -2.12. The molecule has 1 aliphatic heterocycles. The monoisotopic (exact) mass is 255 g/mol. The van der Waals surface area contributed by atoms with Gasteiger partial charge in [0.25, 0.3) is 5.91 Å². The number of amides is 1. The highest BCUT2D eigenvalue weighted by atomic mass is 79.9. The second kappa shape index (κ2) is 3.61. The summed E-state index contributed by atoms with van der Waals surface area (Å²) in [6.45, 7) is 1.18. The number of benzene rings is 1. The zero-order valence-corrected chi connectivity index (χ0v) is 9.37. The van der Waals surface area contributed by atoms with Gasteiger partial charge in [-0.1, -0.05) is 15.9 Å². The van der Waals surface area contributed by atoms with E-state index in [2.05, 4.69) is 15.9 Å². The van der Waals surface area contributed by atoms with Crippen molar-refractivity contribution in [2.75, 3.05) is 20.2 Å². The standard InChI is InChI=1S/C10H10BrNO2/c1-12-4-5-14-9-3-2-7(11)6-8(9)10(12)13/h2-3,6H,4-5H2,1H3. The van der Waals surface area contributed by atoms with Gasteiger partial charge in [-0.15, -0.1) is 0 Å². The molecule has 2 rings (SSSR count). The van der Waals surface area contributed by atoms with E-state index in [9.17, 15) is 4.79 Å². The number of likely N-dealkylation sites (N-methyl/N-ethyl adjacent to an activating group) is 1. The van der Waals surface area contributed by atoms with Crippen LogP contribution in [0.25, 0.3) is 0 Å². The third kappa shape index (κ3) is 1.62. The highest BCUT2D eigenvalue weighted by molar-refractivity contribution is 9.10. The van der Waals surface area contributed by atoms with Crippen LogP contribution in [0.1, 0.15) is 10.4 Å². The molecule has 0 aromatic heterocycles. The van der Waals surface area contributed by atoms with Crippen LogP contribution in [0.4, 0.5) is 0 Å². The Kier molecular flexibility index (Phi) is 2.46. The van der Waals surface area contributed by atoms with Crippen LogP contribution in [-0.2, 0) is 0 Å². The van der Waals surface area contributed by atoms with Crippen molar-refractivity contribution in [2.45, 2.75) is 0 Å². The van der Waals surface area contributed by atoms with E-state index in [0.717, 1.165) is 4.47 Å². The van der Waals surface area contributed by atoms with Crippen LogP contribution < -0.4 is 4.74 Å². The Balaban J connectivity index is 2.50. The van der Waals surface area contributed by atoms with Gasteiger partial charge < -0.3 is 9.64 Å². The fourth-order valence-electron chi connectivity index (χ4n) is 1.39. The molecule has 0 unspecified atom stereocenters. The first-order valence-electron chi connectivity index (χ1n) is 4.36. The lowest BCUT2D eigenvalue weighted by atomic mass is 10.2. The fraction of sp³-hybridized carbons (Fsp3) is 0.300. The van der Waals surface area contributed by atoms with Gasteiger partial charge in [0.2, 0.25) is 0 Å². The SMILES string of the molecule is CN1CCOc2ccc(Br)cc2C1=O. The van der Waals surface area contributed by atoms with E-state index in [1.54, 1.807) is 18.0 Å². The third-order valence-corrected chi connectivity index (χ3v) is 2.70. The van der Waals surface area contributed by atoms with E-state index in [-0.39, 0.29) is 5.91 Å². The summed E-state index contributed by atoms with van der Waals surface area (Å²) in [5.74, 6) is 0.682. The summed E-state index contributed by atoms with van der Waals surface area (Å²) in [5, 5.41) is 0. The number of hydrogen-bond acceptors (Lipinski definition) is 2. The Bertz CT molecular complexity index is 378. The molecule has 1 aliphatic rings. The van der Waals surface area contributed by atoms with Crippen molar-refractivity contribution in [3.63, 3.8) is 0 Å². The average molecular weight is 256 g/mol. The largest absolute Gasteiger partial charge is 0.491 e.